The summed E-state index contributed by atoms with van der Waals surface area (Å²) in [7, 11) is 0. The minimum absolute atomic E-state index is 1.12. The maximum Gasteiger partial charge on any atom is 0.0547 e. The first kappa shape index (κ1) is 28.6. The van der Waals surface area contributed by atoms with Crippen LogP contribution in [0, 0.1) is 13.8 Å². The van der Waals surface area contributed by atoms with E-state index in [1.807, 2.05) is 0 Å². The number of hydrogen-bond donors (Lipinski definition) is 0. The first-order valence-corrected chi connectivity index (χ1v) is 17.3. The Labute approximate surface area is 291 Å². The lowest BCUT2D eigenvalue weighted by Crippen LogP contribution is -2.10. The molecule has 0 atom stereocenters. The van der Waals surface area contributed by atoms with E-state index in [0.717, 1.165) is 22.7 Å². The molecule has 0 saturated carbocycles. The number of anilines is 3. The van der Waals surface area contributed by atoms with Crippen LogP contribution in [0.3, 0.4) is 0 Å². The number of aryl methyl sites for hydroxylation is 2. The molecule has 2 nitrogen and oxygen atoms in total. The molecule has 0 N–H and O–H groups in total. The van der Waals surface area contributed by atoms with Crippen LogP contribution in [0.4, 0.5) is 17.1 Å². The Morgan fingerprint density at radius 1 is 0.340 bits per heavy atom. The SMILES string of the molecule is Cc1ccc(N(c2ccc(C)cc2)c2ccc(-n3c4ccccc4c4cc5c6cc7ccccc7cc6c6ccccc6c5cc43)cc2)cc1. The van der Waals surface area contributed by atoms with E-state index in [4.69, 9.17) is 0 Å². The fourth-order valence-corrected chi connectivity index (χ4v) is 7.96. The lowest BCUT2D eigenvalue weighted by Gasteiger charge is -2.26. The zero-order valence-corrected chi connectivity index (χ0v) is 28.1. The predicted octanol–water partition coefficient (Wildman–Crippen LogP) is 13.5. The normalized spacial score (nSPS) is 11.8. The molecule has 10 rings (SSSR count). The number of benzene rings is 9. The standard InChI is InChI=1S/C48H34N2/c1-31-15-19-35(20-16-31)49(36-21-17-32(2)18-22-36)37-23-25-38(26-24-37)50-47-14-8-7-13-41(47)46-29-44-43-28-34-10-4-3-9-33(34)27-42(43)39-11-5-6-12-40(39)45(44)30-48(46)50/h3-30H,1-2H3. The van der Waals surface area contributed by atoms with E-state index in [1.54, 1.807) is 0 Å². The molecule has 0 radical (unpaired) electrons. The summed E-state index contributed by atoms with van der Waals surface area (Å²) in [6.07, 6.45) is 0. The molecule has 9 aromatic carbocycles. The van der Waals surface area contributed by atoms with Crippen LogP contribution >= 0.6 is 0 Å². The van der Waals surface area contributed by atoms with E-state index in [0.29, 0.717) is 0 Å². The van der Waals surface area contributed by atoms with Crippen LogP contribution in [0.1, 0.15) is 11.1 Å². The molecule has 236 valence electrons. The van der Waals surface area contributed by atoms with E-state index in [9.17, 15) is 0 Å². The first-order chi connectivity index (χ1) is 24.6. The molecular weight excluding hydrogens is 605 g/mol. The summed E-state index contributed by atoms with van der Waals surface area (Å²) in [5.41, 5.74) is 9.47. The Morgan fingerprint density at radius 3 is 1.36 bits per heavy atom. The number of hydrogen-bond acceptors (Lipinski definition) is 1. The molecule has 50 heavy (non-hydrogen) atoms. The van der Waals surface area contributed by atoms with Crippen molar-refractivity contribution in [3.63, 3.8) is 0 Å². The third kappa shape index (κ3) is 4.42. The summed E-state index contributed by atoms with van der Waals surface area (Å²) in [6.45, 7) is 4.27. The van der Waals surface area contributed by atoms with Gasteiger partial charge in [-0.1, -0.05) is 102 Å². The maximum absolute atomic E-state index is 2.44. The van der Waals surface area contributed by atoms with Gasteiger partial charge in [0.05, 0.1) is 11.0 Å². The molecule has 0 amide bonds. The highest BCUT2D eigenvalue weighted by Gasteiger charge is 2.18. The second kappa shape index (κ2) is 11.1. The summed E-state index contributed by atoms with van der Waals surface area (Å²) in [4.78, 5) is 2.34. The van der Waals surface area contributed by atoms with Crippen molar-refractivity contribution in [2.24, 2.45) is 0 Å². The fraction of sp³-hybridized carbons (Fsp3) is 0.0417. The summed E-state index contributed by atoms with van der Waals surface area (Å²) in [5.74, 6) is 0. The number of nitrogens with zero attached hydrogens (tertiary/aromatic N) is 2. The van der Waals surface area contributed by atoms with Gasteiger partial charge in [-0.2, -0.15) is 0 Å². The van der Waals surface area contributed by atoms with E-state index >= 15 is 0 Å². The van der Waals surface area contributed by atoms with Crippen molar-refractivity contribution in [3.05, 3.63) is 181 Å². The van der Waals surface area contributed by atoms with Crippen LogP contribution < -0.4 is 4.90 Å². The van der Waals surface area contributed by atoms with Crippen molar-refractivity contribution < 1.29 is 0 Å². The molecule has 0 unspecified atom stereocenters. The Bertz CT molecular complexity index is 2870. The average molecular weight is 639 g/mol. The van der Waals surface area contributed by atoms with Gasteiger partial charge in [-0.15, -0.1) is 0 Å². The third-order valence-corrected chi connectivity index (χ3v) is 10.4. The highest BCUT2D eigenvalue weighted by molar-refractivity contribution is 6.30. The summed E-state index contributed by atoms with van der Waals surface area (Å²) >= 11 is 0. The van der Waals surface area contributed by atoms with E-state index in [1.165, 1.54) is 76.0 Å². The molecule has 2 heteroatoms. The van der Waals surface area contributed by atoms with Crippen molar-refractivity contribution in [2.75, 3.05) is 4.90 Å². The Morgan fingerprint density at radius 2 is 0.780 bits per heavy atom. The van der Waals surface area contributed by atoms with Gasteiger partial charge in [0.2, 0.25) is 0 Å². The lowest BCUT2D eigenvalue weighted by atomic mass is 9.91. The van der Waals surface area contributed by atoms with Crippen LogP contribution in [0.15, 0.2) is 170 Å². The molecule has 0 saturated heterocycles. The molecule has 1 aromatic heterocycles. The first-order valence-electron chi connectivity index (χ1n) is 17.3. The van der Waals surface area contributed by atoms with Crippen LogP contribution in [0.25, 0.3) is 70.6 Å². The highest BCUT2D eigenvalue weighted by Crippen LogP contribution is 2.42. The van der Waals surface area contributed by atoms with Gasteiger partial charge in [0.15, 0.2) is 0 Å². The maximum atomic E-state index is 2.44. The van der Waals surface area contributed by atoms with Crippen molar-refractivity contribution in [1.82, 2.24) is 4.57 Å². The van der Waals surface area contributed by atoms with Crippen LogP contribution in [-0.4, -0.2) is 4.57 Å². The Hall–Kier alpha value is -6.38. The smallest absolute Gasteiger partial charge is 0.0547 e. The van der Waals surface area contributed by atoms with Crippen molar-refractivity contribution in [3.8, 4) is 5.69 Å². The van der Waals surface area contributed by atoms with Crippen LogP contribution in [-0.2, 0) is 0 Å². The van der Waals surface area contributed by atoms with Gasteiger partial charge in [0.25, 0.3) is 0 Å². The second-order valence-corrected chi connectivity index (χ2v) is 13.6. The lowest BCUT2D eigenvalue weighted by molar-refractivity contribution is 1.17. The average Bonchev–Trinajstić information content (AvgIpc) is 3.49. The topological polar surface area (TPSA) is 8.17 Å². The van der Waals surface area contributed by atoms with E-state index in [2.05, 4.69) is 193 Å². The minimum atomic E-state index is 1.12. The van der Waals surface area contributed by atoms with Crippen LogP contribution in [0.5, 0.6) is 0 Å². The summed E-state index contributed by atoms with van der Waals surface area (Å²) in [6, 6.07) is 62.7. The van der Waals surface area contributed by atoms with Gasteiger partial charge in [-0.05, 0) is 136 Å². The molecule has 0 fully saturated rings. The number of fused-ring (bicyclic) bond motifs is 10. The zero-order chi connectivity index (χ0) is 33.3. The molecule has 10 aromatic rings. The number of rotatable bonds is 4. The third-order valence-electron chi connectivity index (χ3n) is 10.4. The zero-order valence-electron chi connectivity index (χ0n) is 28.1. The van der Waals surface area contributed by atoms with Crippen molar-refractivity contribution in [1.29, 1.82) is 0 Å². The molecular formula is C48H34N2. The highest BCUT2D eigenvalue weighted by atomic mass is 15.1. The molecule has 0 aliphatic carbocycles. The van der Waals surface area contributed by atoms with Gasteiger partial charge in [0.1, 0.15) is 0 Å². The van der Waals surface area contributed by atoms with Crippen LogP contribution in [0.2, 0.25) is 0 Å². The largest absolute Gasteiger partial charge is 0.311 e. The van der Waals surface area contributed by atoms with Gasteiger partial charge in [-0.3, -0.25) is 0 Å². The quantitative estimate of drug-likeness (QED) is 0.138. The molecule has 0 bridgehead atoms. The van der Waals surface area contributed by atoms with E-state index < -0.39 is 0 Å². The second-order valence-electron chi connectivity index (χ2n) is 13.6. The molecule has 0 aliphatic heterocycles. The predicted molar refractivity (Wildman–Crippen MR) is 215 cm³/mol. The summed E-state index contributed by atoms with van der Waals surface area (Å²) in [5, 5.41) is 12.8. The fourth-order valence-electron chi connectivity index (χ4n) is 7.96. The number of para-hydroxylation sites is 1. The molecule has 1 heterocycles. The van der Waals surface area contributed by atoms with Gasteiger partial charge in [0, 0.05) is 33.5 Å². The van der Waals surface area contributed by atoms with Gasteiger partial charge in [-0.25, -0.2) is 0 Å². The monoisotopic (exact) mass is 638 g/mol. The van der Waals surface area contributed by atoms with Crippen molar-refractivity contribution in [2.45, 2.75) is 13.8 Å². The molecule has 0 aliphatic rings. The Kier molecular flexibility index (Phi) is 6.34. The van der Waals surface area contributed by atoms with Gasteiger partial charge >= 0.3 is 0 Å². The molecule has 0 spiro atoms. The minimum Gasteiger partial charge on any atom is -0.311 e. The van der Waals surface area contributed by atoms with Gasteiger partial charge < -0.3 is 9.47 Å². The number of aromatic nitrogens is 1. The van der Waals surface area contributed by atoms with Crippen molar-refractivity contribution >= 4 is 82.0 Å². The summed E-state index contributed by atoms with van der Waals surface area (Å²) < 4.78 is 2.44. The Balaban J connectivity index is 1.21. The van der Waals surface area contributed by atoms with E-state index in [-0.39, 0.29) is 0 Å².